The van der Waals surface area contributed by atoms with Crippen LogP contribution in [-0.4, -0.2) is 23.2 Å². The SMILES string of the molecule is CN(C(=O)c1cc(-c2ccc(Cl)cc2)n[nH]1)c1ccccc1. The number of H-pyrrole nitrogens is 1. The number of hydrogen-bond donors (Lipinski definition) is 1. The molecule has 22 heavy (non-hydrogen) atoms. The molecule has 0 aliphatic rings. The average Bonchev–Trinajstić information content (AvgIpc) is 3.05. The first-order chi connectivity index (χ1) is 10.6. The highest BCUT2D eigenvalue weighted by molar-refractivity contribution is 6.30. The van der Waals surface area contributed by atoms with Crippen LogP contribution >= 0.6 is 11.6 Å². The van der Waals surface area contributed by atoms with Gasteiger partial charge in [0.05, 0.1) is 5.69 Å². The summed E-state index contributed by atoms with van der Waals surface area (Å²) in [6, 6.07) is 18.5. The summed E-state index contributed by atoms with van der Waals surface area (Å²) >= 11 is 5.88. The van der Waals surface area contributed by atoms with Crippen molar-refractivity contribution in [3.63, 3.8) is 0 Å². The maximum atomic E-state index is 12.5. The van der Waals surface area contributed by atoms with Crippen molar-refractivity contribution in [1.82, 2.24) is 10.2 Å². The molecule has 0 radical (unpaired) electrons. The predicted molar refractivity (Wildman–Crippen MR) is 88.2 cm³/mol. The van der Waals surface area contributed by atoms with Gasteiger partial charge in [0.1, 0.15) is 5.69 Å². The lowest BCUT2D eigenvalue weighted by Gasteiger charge is -2.15. The quantitative estimate of drug-likeness (QED) is 0.794. The van der Waals surface area contributed by atoms with Crippen LogP contribution in [-0.2, 0) is 0 Å². The Bertz CT molecular complexity index is 781. The highest BCUT2D eigenvalue weighted by Gasteiger charge is 2.16. The Balaban J connectivity index is 1.84. The summed E-state index contributed by atoms with van der Waals surface area (Å²) in [5, 5.41) is 7.66. The average molecular weight is 312 g/mol. The molecule has 0 fully saturated rings. The molecule has 1 amide bonds. The standard InChI is InChI=1S/C17H14ClN3O/c1-21(14-5-3-2-4-6-14)17(22)16-11-15(19-20-16)12-7-9-13(18)10-8-12/h2-11H,1H3,(H,19,20). The Hall–Kier alpha value is -2.59. The van der Waals surface area contributed by atoms with Gasteiger partial charge in [0.2, 0.25) is 0 Å². The molecular formula is C17H14ClN3O. The molecule has 5 heteroatoms. The minimum atomic E-state index is -0.140. The molecule has 1 heterocycles. The summed E-state index contributed by atoms with van der Waals surface area (Å²) in [7, 11) is 1.74. The molecule has 0 unspecified atom stereocenters. The van der Waals surface area contributed by atoms with E-state index in [0.717, 1.165) is 11.3 Å². The summed E-state index contributed by atoms with van der Waals surface area (Å²) < 4.78 is 0. The third-order valence-corrected chi connectivity index (χ3v) is 3.65. The fourth-order valence-electron chi connectivity index (χ4n) is 2.15. The van der Waals surface area contributed by atoms with E-state index < -0.39 is 0 Å². The van der Waals surface area contributed by atoms with Gasteiger partial charge in [-0.15, -0.1) is 0 Å². The normalized spacial score (nSPS) is 10.5. The van der Waals surface area contributed by atoms with E-state index in [2.05, 4.69) is 10.2 Å². The van der Waals surface area contributed by atoms with Crippen LogP contribution in [0.2, 0.25) is 5.02 Å². The van der Waals surface area contributed by atoms with E-state index in [1.54, 1.807) is 30.1 Å². The van der Waals surface area contributed by atoms with Gasteiger partial charge in [-0.3, -0.25) is 9.89 Å². The molecule has 0 saturated carbocycles. The zero-order valence-corrected chi connectivity index (χ0v) is 12.7. The van der Waals surface area contributed by atoms with Crippen molar-refractivity contribution in [3.8, 4) is 11.3 Å². The monoisotopic (exact) mass is 311 g/mol. The smallest absolute Gasteiger partial charge is 0.276 e. The Kier molecular flexibility index (Phi) is 3.94. The van der Waals surface area contributed by atoms with E-state index >= 15 is 0 Å². The van der Waals surface area contributed by atoms with Crippen LogP contribution in [0.1, 0.15) is 10.5 Å². The second kappa shape index (κ2) is 6.03. The summed E-state index contributed by atoms with van der Waals surface area (Å²) in [6.45, 7) is 0. The van der Waals surface area contributed by atoms with Crippen molar-refractivity contribution in [2.45, 2.75) is 0 Å². The van der Waals surface area contributed by atoms with Gasteiger partial charge in [0, 0.05) is 23.3 Å². The maximum Gasteiger partial charge on any atom is 0.276 e. The Labute approximate surface area is 133 Å². The number of benzene rings is 2. The second-order valence-corrected chi connectivity index (χ2v) is 5.31. The number of para-hydroxylation sites is 1. The largest absolute Gasteiger partial charge is 0.310 e. The van der Waals surface area contributed by atoms with Gasteiger partial charge in [-0.1, -0.05) is 41.9 Å². The number of nitrogens with zero attached hydrogens (tertiary/aromatic N) is 2. The zero-order chi connectivity index (χ0) is 15.5. The predicted octanol–water partition coefficient (Wildman–Crippen LogP) is 4.01. The molecule has 2 aromatic carbocycles. The summed E-state index contributed by atoms with van der Waals surface area (Å²) in [6.07, 6.45) is 0. The van der Waals surface area contributed by atoms with E-state index in [1.807, 2.05) is 42.5 Å². The molecule has 0 spiro atoms. The highest BCUT2D eigenvalue weighted by Crippen LogP contribution is 2.21. The van der Waals surface area contributed by atoms with Crippen LogP contribution in [0, 0.1) is 0 Å². The van der Waals surface area contributed by atoms with Gasteiger partial charge in [0.25, 0.3) is 5.91 Å². The summed E-state index contributed by atoms with van der Waals surface area (Å²) in [5.41, 5.74) is 2.88. The Morgan fingerprint density at radius 1 is 1.09 bits per heavy atom. The topological polar surface area (TPSA) is 49.0 Å². The van der Waals surface area contributed by atoms with Crippen LogP contribution in [0.15, 0.2) is 60.7 Å². The number of aromatic amines is 1. The molecule has 0 aliphatic heterocycles. The van der Waals surface area contributed by atoms with E-state index in [0.29, 0.717) is 16.4 Å². The number of anilines is 1. The van der Waals surface area contributed by atoms with E-state index in [9.17, 15) is 4.79 Å². The minimum Gasteiger partial charge on any atom is -0.310 e. The molecule has 3 aromatic rings. The lowest BCUT2D eigenvalue weighted by atomic mass is 10.1. The number of carbonyl (C=O) groups excluding carboxylic acids is 1. The van der Waals surface area contributed by atoms with E-state index in [4.69, 9.17) is 11.6 Å². The first kappa shape index (κ1) is 14.4. The minimum absolute atomic E-state index is 0.140. The number of rotatable bonds is 3. The molecule has 1 aromatic heterocycles. The number of halogens is 1. The number of nitrogens with one attached hydrogen (secondary N) is 1. The van der Waals surface area contributed by atoms with Crippen LogP contribution in [0.4, 0.5) is 5.69 Å². The molecule has 3 rings (SSSR count). The van der Waals surface area contributed by atoms with Gasteiger partial charge in [-0.05, 0) is 30.3 Å². The van der Waals surface area contributed by atoms with Crippen LogP contribution in [0.5, 0.6) is 0 Å². The molecule has 0 atom stereocenters. The molecular weight excluding hydrogens is 298 g/mol. The van der Waals surface area contributed by atoms with Crippen molar-refractivity contribution >= 4 is 23.2 Å². The molecule has 1 N–H and O–H groups in total. The number of amides is 1. The third-order valence-electron chi connectivity index (χ3n) is 3.40. The van der Waals surface area contributed by atoms with Gasteiger partial charge >= 0.3 is 0 Å². The maximum absolute atomic E-state index is 12.5. The van der Waals surface area contributed by atoms with E-state index in [-0.39, 0.29) is 5.91 Å². The number of carbonyl (C=O) groups is 1. The summed E-state index contributed by atoms with van der Waals surface area (Å²) in [4.78, 5) is 14.1. The van der Waals surface area contributed by atoms with Crippen LogP contribution < -0.4 is 4.90 Å². The van der Waals surface area contributed by atoms with Crippen molar-refractivity contribution in [1.29, 1.82) is 0 Å². The van der Waals surface area contributed by atoms with Gasteiger partial charge in [-0.2, -0.15) is 5.10 Å². The first-order valence-corrected chi connectivity index (χ1v) is 7.17. The van der Waals surface area contributed by atoms with Crippen molar-refractivity contribution < 1.29 is 4.79 Å². The van der Waals surface area contributed by atoms with E-state index in [1.165, 1.54) is 0 Å². The molecule has 0 aliphatic carbocycles. The van der Waals surface area contributed by atoms with Gasteiger partial charge in [0.15, 0.2) is 0 Å². The lowest BCUT2D eigenvalue weighted by Crippen LogP contribution is -2.26. The Morgan fingerprint density at radius 2 is 1.77 bits per heavy atom. The summed E-state index contributed by atoms with van der Waals surface area (Å²) in [5.74, 6) is -0.140. The van der Waals surface area contributed by atoms with Crippen molar-refractivity contribution in [3.05, 3.63) is 71.4 Å². The van der Waals surface area contributed by atoms with Gasteiger partial charge in [-0.25, -0.2) is 0 Å². The van der Waals surface area contributed by atoms with Crippen LogP contribution in [0.25, 0.3) is 11.3 Å². The molecule has 4 nitrogen and oxygen atoms in total. The molecule has 0 bridgehead atoms. The first-order valence-electron chi connectivity index (χ1n) is 6.79. The fraction of sp³-hybridized carbons (Fsp3) is 0.0588. The number of hydrogen-bond acceptors (Lipinski definition) is 2. The second-order valence-electron chi connectivity index (χ2n) is 4.87. The lowest BCUT2D eigenvalue weighted by molar-refractivity contribution is 0.0988. The highest BCUT2D eigenvalue weighted by atomic mass is 35.5. The molecule has 110 valence electrons. The van der Waals surface area contributed by atoms with Crippen molar-refractivity contribution in [2.75, 3.05) is 11.9 Å². The Morgan fingerprint density at radius 3 is 2.45 bits per heavy atom. The van der Waals surface area contributed by atoms with Crippen molar-refractivity contribution in [2.24, 2.45) is 0 Å². The van der Waals surface area contributed by atoms with Crippen LogP contribution in [0.3, 0.4) is 0 Å². The zero-order valence-electron chi connectivity index (χ0n) is 12.0. The molecule has 0 saturated heterocycles. The fourth-order valence-corrected chi connectivity index (χ4v) is 2.28. The van der Waals surface area contributed by atoms with Gasteiger partial charge < -0.3 is 4.90 Å². The third kappa shape index (κ3) is 2.87. The number of aromatic nitrogens is 2.